The van der Waals surface area contributed by atoms with E-state index in [1.165, 1.54) is 0 Å². The topological polar surface area (TPSA) is 64.6 Å². The molecule has 0 radical (unpaired) electrons. The first-order valence-electron chi connectivity index (χ1n) is 5.59. The Kier molecular flexibility index (Phi) is 6.31. The van der Waals surface area contributed by atoms with Crippen LogP contribution in [0, 0.1) is 0 Å². The highest BCUT2D eigenvalue weighted by molar-refractivity contribution is 5.83. The molecule has 0 aliphatic carbocycles. The number of alkyl carbamates (subject to hydrolysis) is 1. The van der Waals surface area contributed by atoms with Crippen LogP contribution in [0.5, 0.6) is 0 Å². The van der Waals surface area contributed by atoms with Crippen molar-refractivity contribution in [1.82, 2.24) is 5.32 Å². The molecule has 0 bridgehead atoms. The van der Waals surface area contributed by atoms with Crippen molar-refractivity contribution < 1.29 is 19.1 Å². The van der Waals surface area contributed by atoms with E-state index in [1.54, 1.807) is 46.8 Å². The Bertz CT molecular complexity index is 291. The van der Waals surface area contributed by atoms with Crippen molar-refractivity contribution in [3.05, 3.63) is 12.2 Å². The smallest absolute Gasteiger partial charge is 0.408 e. The van der Waals surface area contributed by atoms with Crippen molar-refractivity contribution in [2.75, 3.05) is 6.61 Å². The number of carbonyl (C=O) groups is 2. The van der Waals surface area contributed by atoms with Crippen molar-refractivity contribution >= 4 is 12.1 Å². The zero-order valence-electron chi connectivity index (χ0n) is 11.1. The molecule has 17 heavy (non-hydrogen) atoms. The maximum Gasteiger partial charge on any atom is 0.408 e. The summed E-state index contributed by atoms with van der Waals surface area (Å²) >= 11 is 0. The van der Waals surface area contributed by atoms with E-state index >= 15 is 0 Å². The Balaban J connectivity index is 4.45. The number of nitrogens with one attached hydrogen (secondary N) is 1. The molecule has 0 unspecified atom stereocenters. The van der Waals surface area contributed by atoms with E-state index in [9.17, 15) is 9.59 Å². The minimum absolute atomic E-state index is 0.267. The molecule has 0 saturated carbocycles. The summed E-state index contributed by atoms with van der Waals surface area (Å²) in [5, 5.41) is 2.44. The average Bonchev–Trinajstić information content (AvgIpc) is 2.14. The van der Waals surface area contributed by atoms with Gasteiger partial charge in [0.1, 0.15) is 11.6 Å². The zero-order valence-corrected chi connectivity index (χ0v) is 11.1. The van der Waals surface area contributed by atoms with E-state index in [0.717, 1.165) is 0 Å². The molecule has 0 spiro atoms. The fraction of sp³-hybridized carbons (Fsp3) is 0.667. The van der Waals surface area contributed by atoms with Crippen LogP contribution in [0.25, 0.3) is 0 Å². The average molecular weight is 243 g/mol. The second-order valence-electron chi connectivity index (χ2n) is 4.40. The van der Waals surface area contributed by atoms with E-state index in [2.05, 4.69) is 5.32 Å². The van der Waals surface area contributed by atoms with Crippen LogP contribution >= 0.6 is 0 Å². The number of esters is 1. The standard InChI is InChI=1S/C12H21NO4/c1-6-8-9(10(14)16-7-2)13-11(15)17-12(3,4)5/h6,8-9H,7H2,1-5H3,(H,13,15)/t9-/m0/s1. The summed E-state index contributed by atoms with van der Waals surface area (Å²) in [5.41, 5.74) is -0.598. The van der Waals surface area contributed by atoms with Gasteiger partial charge in [-0.15, -0.1) is 0 Å². The molecule has 5 heteroatoms. The molecule has 0 rings (SSSR count). The van der Waals surface area contributed by atoms with Gasteiger partial charge in [0.05, 0.1) is 6.61 Å². The highest BCUT2D eigenvalue weighted by atomic mass is 16.6. The summed E-state index contributed by atoms with van der Waals surface area (Å²) in [5.74, 6) is -0.503. The molecular weight excluding hydrogens is 222 g/mol. The molecule has 98 valence electrons. The van der Waals surface area contributed by atoms with Crippen molar-refractivity contribution in [2.45, 2.75) is 46.3 Å². The monoisotopic (exact) mass is 243 g/mol. The van der Waals surface area contributed by atoms with Gasteiger partial charge in [-0.3, -0.25) is 0 Å². The lowest BCUT2D eigenvalue weighted by Gasteiger charge is -2.21. The third kappa shape index (κ3) is 7.38. The number of hydrogen-bond acceptors (Lipinski definition) is 4. The van der Waals surface area contributed by atoms with E-state index < -0.39 is 23.7 Å². The van der Waals surface area contributed by atoms with Gasteiger partial charge in [0.25, 0.3) is 0 Å². The Morgan fingerprint density at radius 1 is 1.35 bits per heavy atom. The number of hydrogen-bond donors (Lipinski definition) is 1. The molecule has 5 nitrogen and oxygen atoms in total. The van der Waals surface area contributed by atoms with Gasteiger partial charge in [0.15, 0.2) is 0 Å². The molecule has 1 amide bonds. The number of allylic oxidation sites excluding steroid dienone is 1. The van der Waals surface area contributed by atoms with Crippen molar-refractivity contribution in [1.29, 1.82) is 0 Å². The minimum Gasteiger partial charge on any atom is -0.464 e. The number of amides is 1. The quantitative estimate of drug-likeness (QED) is 0.606. The van der Waals surface area contributed by atoms with Crippen molar-refractivity contribution in [2.24, 2.45) is 0 Å². The number of carbonyl (C=O) groups excluding carboxylic acids is 2. The fourth-order valence-corrected chi connectivity index (χ4v) is 1.04. The highest BCUT2D eigenvalue weighted by Crippen LogP contribution is 2.07. The summed E-state index contributed by atoms with van der Waals surface area (Å²) < 4.78 is 9.88. The van der Waals surface area contributed by atoms with Crippen LogP contribution in [-0.2, 0) is 14.3 Å². The second-order valence-corrected chi connectivity index (χ2v) is 4.40. The first kappa shape index (κ1) is 15.5. The van der Waals surface area contributed by atoms with Gasteiger partial charge in [0, 0.05) is 0 Å². The largest absolute Gasteiger partial charge is 0.464 e. The van der Waals surface area contributed by atoms with E-state index in [0.29, 0.717) is 0 Å². The van der Waals surface area contributed by atoms with Crippen molar-refractivity contribution in [3.8, 4) is 0 Å². The second kappa shape index (κ2) is 6.93. The van der Waals surface area contributed by atoms with E-state index in [-0.39, 0.29) is 6.61 Å². The SMILES string of the molecule is CC=C[C@H](NC(=O)OC(C)(C)C)C(=O)OCC. The Morgan fingerprint density at radius 3 is 2.35 bits per heavy atom. The molecule has 0 saturated heterocycles. The van der Waals surface area contributed by atoms with Gasteiger partial charge in [-0.2, -0.15) is 0 Å². The van der Waals surface area contributed by atoms with Gasteiger partial charge in [-0.1, -0.05) is 12.2 Å². The molecule has 0 fully saturated rings. The van der Waals surface area contributed by atoms with Crippen LogP contribution in [0.1, 0.15) is 34.6 Å². The summed E-state index contributed by atoms with van der Waals surface area (Å²) in [6.45, 7) is 8.98. The summed E-state index contributed by atoms with van der Waals surface area (Å²) in [4.78, 5) is 23.0. The van der Waals surface area contributed by atoms with Crippen LogP contribution < -0.4 is 5.32 Å². The molecule has 0 aromatic heterocycles. The fourth-order valence-electron chi connectivity index (χ4n) is 1.04. The third-order valence-corrected chi connectivity index (χ3v) is 1.60. The third-order valence-electron chi connectivity index (χ3n) is 1.60. The molecule has 0 aliphatic heterocycles. The Hall–Kier alpha value is -1.52. The normalized spacial score (nSPS) is 13.2. The molecule has 0 heterocycles. The van der Waals surface area contributed by atoms with Crippen molar-refractivity contribution in [3.63, 3.8) is 0 Å². The first-order valence-corrected chi connectivity index (χ1v) is 5.59. The predicted octanol–water partition coefficient (Wildman–Crippen LogP) is 2.02. The molecule has 0 aromatic rings. The van der Waals surface area contributed by atoms with Gasteiger partial charge >= 0.3 is 12.1 Å². The van der Waals surface area contributed by atoms with Crippen LogP contribution in [-0.4, -0.2) is 30.3 Å². The molecular formula is C12H21NO4. The summed E-state index contributed by atoms with van der Waals surface area (Å²) in [6.07, 6.45) is 2.56. The molecule has 1 N–H and O–H groups in total. The first-order chi connectivity index (χ1) is 7.80. The summed E-state index contributed by atoms with van der Waals surface area (Å²) in [6, 6.07) is -0.810. The van der Waals surface area contributed by atoms with Gasteiger partial charge in [-0.25, -0.2) is 9.59 Å². The van der Waals surface area contributed by atoms with Gasteiger partial charge < -0.3 is 14.8 Å². The molecule has 0 aromatic carbocycles. The van der Waals surface area contributed by atoms with Crippen LogP contribution in [0.3, 0.4) is 0 Å². The predicted molar refractivity (Wildman–Crippen MR) is 64.6 cm³/mol. The lowest BCUT2D eigenvalue weighted by atomic mass is 10.2. The van der Waals surface area contributed by atoms with E-state index in [4.69, 9.17) is 9.47 Å². The van der Waals surface area contributed by atoms with Crippen LogP contribution in [0.15, 0.2) is 12.2 Å². The maximum absolute atomic E-state index is 11.5. The number of ether oxygens (including phenoxy) is 2. The lowest BCUT2D eigenvalue weighted by Crippen LogP contribution is -2.43. The Labute approximate surface area is 102 Å². The maximum atomic E-state index is 11.5. The highest BCUT2D eigenvalue weighted by Gasteiger charge is 2.22. The lowest BCUT2D eigenvalue weighted by molar-refractivity contribution is -0.144. The molecule has 0 aliphatic rings. The molecule has 1 atom stereocenters. The van der Waals surface area contributed by atoms with Crippen LogP contribution in [0.2, 0.25) is 0 Å². The van der Waals surface area contributed by atoms with E-state index in [1.807, 2.05) is 0 Å². The Morgan fingerprint density at radius 2 is 1.94 bits per heavy atom. The zero-order chi connectivity index (χ0) is 13.5. The van der Waals surface area contributed by atoms with Gasteiger partial charge in [-0.05, 0) is 34.6 Å². The number of rotatable bonds is 4. The minimum atomic E-state index is -0.810. The van der Waals surface area contributed by atoms with Gasteiger partial charge in [0.2, 0.25) is 0 Å². The van der Waals surface area contributed by atoms with Crippen LogP contribution in [0.4, 0.5) is 4.79 Å². The summed E-state index contributed by atoms with van der Waals surface area (Å²) in [7, 11) is 0.